The highest BCUT2D eigenvalue weighted by Crippen LogP contribution is 2.38. The summed E-state index contributed by atoms with van der Waals surface area (Å²) in [4.78, 5) is 25.1. The highest BCUT2D eigenvalue weighted by Gasteiger charge is 2.40. The molecule has 3 saturated heterocycles. The van der Waals surface area contributed by atoms with Gasteiger partial charge in [0, 0.05) is 49.4 Å². The highest BCUT2D eigenvalue weighted by atomic mass is 35.5. The van der Waals surface area contributed by atoms with E-state index >= 15 is 0 Å². The molecule has 3 aromatic rings. The number of anilines is 3. The number of β-amino-alcohol motifs (C(OH)–C–C–N with tert-alkyl or cyclic N) is 1. The third-order valence-corrected chi connectivity index (χ3v) is 8.76. The number of aromatic nitrogens is 3. The van der Waals surface area contributed by atoms with E-state index in [9.17, 15) is 18.3 Å². The van der Waals surface area contributed by atoms with Gasteiger partial charge in [0.05, 0.1) is 34.8 Å². The molecule has 3 aliphatic heterocycles. The molecule has 214 valence electrons. The molecule has 0 aliphatic carbocycles. The number of fused-ring (bicyclic) bond motifs is 1. The average molecular weight is 588 g/mol. The smallest absolute Gasteiger partial charge is 0.256 e. The monoisotopic (exact) mass is 587 g/mol. The fourth-order valence-corrected chi connectivity index (χ4v) is 6.74. The van der Waals surface area contributed by atoms with Crippen LogP contribution in [0.1, 0.15) is 60.3 Å². The van der Waals surface area contributed by atoms with E-state index in [1.54, 1.807) is 11.0 Å². The van der Waals surface area contributed by atoms with Crippen LogP contribution in [0.2, 0.25) is 5.02 Å². The lowest BCUT2D eigenvalue weighted by molar-refractivity contribution is 0.0301. The number of nitrogens with one attached hydrogen (secondary N) is 1. The Labute approximate surface area is 238 Å². The molecule has 3 aliphatic rings. The Morgan fingerprint density at radius 2 is 1.88 bits per heavy atom. The molecule has 0 radical (unpaired) electrons. The summed E-state index contributed by atoms with van der Waals surface area (Å²) < 4.78 is 28.3. The van der Waals surface area contributed by atoms with Gasteiger partial charge in [0.1, 0.15) is 11.6 Å². The first-order valence-electron chi connectivity index (χ1n) is 13.6. The zero-order chi connectivity index (χ0) is 28.4. The Bertz CT molecular complexity index is 1590. The second-order valence-electron chi connectivity index (χ2n) is 11.5. The van der Waals surface area contributed by atoms with Gasteiger partial charge < -0.3 is 19.8 Å². The van der Waals surface area contributed by atoms with Crippen LogP contribution in [0.5, 0.6) is 0 Å². The van der Waals surface area contributed by atoms with Crippen molar-refractivity contribution in [3.63, 3.8) is 0 Å². The summed E-state index contributed by atoms with van der Waals surface area (Å²) in [6, 6.07) is 6.21. The molecule has 0 spiro atoms. The normalized spacial score (nSPS) is 20.8. The van der Waals surface area contributed by atoms with E-state index in [0.29, 0.717) is 30.3 Å². The van der Waals surface area contributed by atoms with Gasteiger partial charge in [-0.2, -0.15) is 9.61 Å². The molecule has 2 aromatic heterocycles. The minimum Gasteiger partial charge on any atom is -0.386 e. The van der Waals surface area contributed by atoms with Crippen molar-refractivity contribution in [3.8, 4) is 0 Å². The standard InChI is InChI=1S/C27H34ClN7O4S/c1-17-24(32-10-6-11-32)29-23-14-21(30-35(23)25(17)33-15-27(2,37)16-33)22-7-4-5-12-34(22)26(36)19-13-18(28)8-9-20(19)31-40(3,38)39/h8-9,13-14,22,31,37H,4-7,10-12,15-16H2,1-3H3/t22-/m0/s1. The number of hydrogen-bond acceptors (Lipinski definition) is 8. The molecular weight excluding hydrogens is 554 g/mol. The predicted molar refractivity (Wildman–Crippen MR) is 155 cm³/mol. The molecule has 5 heterocycles. The molecule has 11 nitrogen and oxygen atoms in total. The van der Waals surface area contributed by atoms with E-state index in [2.05, 4.69) is 21.4 Å². The molecule has 1 aromatic carbocycles. The van der Waals surface area contributed by atoms with Crippen molar-refractivity contribution in [2.75, 3.05) is 53.5 Å². The van der Waals surface area contributed by atoms with Crippen molar-refractivity contribution >= 4 is 50.5 Å². The lowest BCUT2D eigenvalue weighted by Crippen LogP contribution is -2.60. The number of nitrogens with zero attached hydrogens (tertiary/aromatic N) is 6. The van der Waals surface area contributed by atoms with Gasteiger partial charge in [-0.05, 0) is 57.7 Å². The molecule has 40 heavy (non-hydrogen) atoms. The van der Waals surface area contributed by atoms with Crippen molar-refractivity contribution < 1.29 is 18.3 Å². The lowest BCUT2D eigenvalue weighted by atomic mass is 9.96. The number of sulfonamides is 1. The minimum atomic E-state index is -3.61. The van der Waals surface area contributed by atoms with Crippen LogP contribution in [0.4, 0.5) is 17.3 Å². The number of aliphatic hydroxyl groups is 1. The number of carbonyl (C=O) groups is 1. The van der Waals surface area contributed by atoms with Gasteiger partial charge in [-0.15, -0.1) is 0 Å². The van der Waals surface area contributed by atoms with Crippen molar-refractivity contribution in [2.24, 2.45) is 0 Å². The Balaban J connectivity index is 1.40. The van der Waals surface area contributed by atoms with Gasteiger partial charge in [-0.1, -0.05) is 11.6 Å². The van der Waals surface area contributed by atoms with Gasteiger partial charge >= 0.3 is 0 Å². The molecule has 1 amide bonds. The van der Waals surface area contributed by atoms with E-state index in [1.165, 1.54) is 12.1 Å². The van der Waals surface area contributed by atoms with Gasteiger partial charge in [0.2, 0.25) is 10.0 Å². The van der Waals surface area contributed by atoms with E-state index < -0.39 is 15.6 Å². The van der Waals surface area contributed by atoms with Gasteiger partial charge in [0.15, 0.2) is 5.65 Å². The zero-order valence-electron chi connectivity index (χ0n) is 22.9. The highest BCUT2D eigenvalue weighted by molar-refractivity contribution is 7.92. The third kappa shape index (κ3) is 4.97. The molecule has 0 saturated carbocycles. The molecule has 13 heteroatoms. The molecule has 3 fully saturated rings. The quantitative estimate of drug-likeness (QED) is 0.451. The number of carbonyl (C=O) groups excluding carboxylic acids is 1. The molecule has 1 atom stereocenters. The summed E-state index contributed by atoms with van der Waals surface area (Å²) in [6.45, 7) is 7.30. The van der Waals surface area contributed by atoms with Crippen LogP contribution in [0, 0.1) is 6.92 Å². The first kappa shape index (κ1) is 27.1. The fraction of sp³-hybridized carbons (Fsp3) is 0.519. The molecular formula is C27H34ClN7O4S. The van der Waals surface area contributed by atoms with Gasteiger partial charge in [0.25, 0.3) is 5.91 Å². The van der Waals surface area contributed by atoms with Crippen LogP contribution in [-0.2, 0) is 10.0 Å². The Morgan fingerprint density at radius 3 is 2.52 bits per heavy atom. The second-order valence-corrected chi connectivity index (χ2v) is 13.7. The summed E-state index contributed by atoms with van der Waals surface area (Å²) in [5, 5.41) is 15.8. The first-order chi connectivity index (χ1) is 18.9. The number of piperidine rings is 1. The van der Waals surface area contributed by atoms with Crippen molar-refractivity contribution in [2.45, 2.75) is 51.2 Å². The Hall–Kier alpha value is -3.09. The minimum absolute atomic E-state index is 0.194. The zero-order valence-corrected chi connectivity index (χ0v) is 24.5. The number of rotatable bonds is 6. The summed E-state index contributed by atoms with van der Waals surface area (Å²) >= 11 is 6.24. The summed E-state index contributed by atoms with van der Waals surface area (Å²) in [5.41, 5.74) is 2.09. The van der Waals surface area contributed by atoms with Crippen LogP contribution in [0.3, 0.4) is 0 Å². The van der Waals surface area contributed by atoms with Crippen molar-refractivity contribution in [1.82, 2.24) is 19.5 Å². The maximum Gasteiger partial charge on any atom is 0.256 e. The van der Waals surface area contributed by atoms with Gasteiger partial charge in [-0.3, -0.25) is 9.52 Å². The number of hydrogen-bond donors (Lipinski definition) is 2. The lowest BCUT2D eigenvalue weighted by Gasteiger charge is -2.46. The van der Waals surface area contributed by atoms with E-state index in [4.69, 9.17) is 21.7 Å². The molecule has 2 N–H and O–H groups in total. The average Bonchev–Trinajstić information content (AvgIpc) is 3.25. The Morgan fingerprint density at radius 1 is 1.12 bits per heavy atom. The summed E-state index contributed by atoms with van der Waals surface area (Å²) in [6.07, 6.45) is 4.66. The SMILES string of the molecule is Cc1c(N2CCC2)nc2cc([C@@H]3CCCCN3C(=O)c3cc(Cl)ccc3NS(C)(=O)=O)nn2c1N1CC(C)(O)C1. The number of benzene rings is 1. The van der Waals surface area contributed by atoms with Crippen LogP contribution >= 0.6 is 11.6 Å². The van der Waals surface area contributed by atoms with Crippen LogP contribution in [-0.4, -0.2) is 83.5 Å². The first-order valence-corrected chi connectivity index (χ1v) is 15.9. The van der Waals surface area contributed by atoms with Crippen LogP contribution in [0.15, 0.2) is 24.3 Å². The Kier molecular flexibility index (Phi) is 6.62. The summed E-state index contributed by atoms with van der Waals surface area (Å²) in [7, 11) is -3.61. The topological polar surface area (TPSA) is 123 Å². The predicted octanol–water partition coefficient (Wildman–Crippen LogP) is 3.21. The summed E-state index contributed by atoms with van der Waals surface area (Å²) in [5.74, 6) is 1.53. The van der Waals surface area contributed by atoms with Crippen LogP contribution < -0.4 is 14.5 Å². The molecule has 0 unspecified atom stereocenters. The van der Waals surface area contributed by atoms with Gasteiger partial charge in [-0.25, -0.2) is 13.4 Å². The third-order valence-electron chi connectivity index (χ3n) is 7.93. The number of likely N-dealkylation sites (tertiary alicyclic amines) is 1. The number of amides is 1. The molecule has 0 bridgehead atoms. The second kappa shape index (κ2) is 9.78. The maximum atomic E-state index is 13.9. The van der Waals surface area contributed by atoms with E-state index in [-0.39, 0.29) is 23.2 Å². The number of halogens is 1. The molecule has 6 rings (SSSR count). The maximum absolute atomic E-state index is 13.9. The van der Waals surface area contributed by atoms with Crippen molar-refractivity contribution in [1.29, 1.82) is 0 Å². The van der Waals surface area contributed by atoms with Crippen LogP contribution in [0.25, 0.3) is 5.65 Å². The largest absolute Gasteiger partial charge is 0.386 e. The van der Waals surface area contributed by atoms with E-state index in [0.717, 1.165) is 67.9 Å². The van der Waals surface area contributed by atoms with E-state index in [1.807, 2.05) is 17.5 Å². The van der Waals surface area contributed by atoms with Crippen molar-refractivity contribution in [3.05, 3.63) is 46.1 Å². The fourth-order valence-electron chi connectivity index (χ4n) is 5.99.